The zero-order chi connectivity index (χ0) is 19.3. The van der Waals surface area contributed by atoms with Gasteiger partial charge in [0.25, 0.3) is 0 Å². The number of amides is 1. The number of nitrogens with one attached hydrogen (secondary N) is 1. The molecule has 146 valence electrons. The van der Waals surface area contributed by atoms with Crippen molar-refractivity contribution in [3.05, 3.63) is 54.2 Å². The summed E-state index contributed by atoms with van der Waals surface area (Å²) in [6.07, 6.45) is 4.28. The summed E-state index contributed by atoms with van der Waals surface area (Å²) >= 11 is 0. The highest BCUT2D eigenvalue weighted by atomic mass is 32.2. The van der Waals surface area contributed by atoms with Gasteiger partial charge in [-0.2, -0.15) is 0 Å². The minimum Gasteiger partial charge on any atom is -0.468 e. The van der Waals surface area contributed by atoms with Crippen LogP contribution in [0.2, 0.25) is 0 Å². The van der Waals surface area contributed by atoms with Crippen molar-refractivity contribution in [3.63, 3.8) is 0 Å². The van der Waals surface area contributed by atoms with Crippen LogP contribution in [0.3, 0.4) is 0 Å². The largest absolute Gasteiger partial charge is 0.468 e. The summed E-state index contributed by atoms with van der Waals surface area (Å²) in [6.45, 7) is 0.505. The lowest BCUT2D eigenvalue weighted by Crippen LogP contribution is -2.34. The number of halogens is 1. The lowest BCUT2D eigenvalue weighted by molar-refractivity contribution is -0.124. The minimum atomic E-state index is -3.88. The van der Waals surface area contributed by atoms with Crippen LogP contribution in [0.25, 0.3) is 0 Å². The van der Waals surface area contributed by atoms with Gasteiger partial charge in [-0.15, -0.1) is 0 Å². The summed E-state index contributed by atoms with van der Waals surface area (Å²) in [4.78, 5) is 12.2. The molecule has 0 spiro atoms. The van der Waals surface area contributed by atoms with Crippen molar-refractivity contribution in [2.24, 2.45) is 0 Å². The van der Waals surface area contributed by atoms with Gasteiger partial charge in [0, 0.05) is 13.2 Å². The molecule has 1 aliphatic heterocycles. The molecule has 27 heavy (non-hydrogen) atoms. The topological polar surface area (TPSA) is 85.6 Å². The molecule has 1 aliphatic rings. The second kappa shape index (κ2) is 8.67. The van der Waals surface area contributed by atoms with Crippen molar-refractivity contribution in [1.82, 2.24) is 5.32 Å². The number of rotatable bonds is 7. The van der Waals surface area contributed by atoms with Crippen LogP contribution >= 0.6 is 0 Å². The molecule has 1 saturated heterocycles. The summed E-state index contributed by atoms with van der Waals surface area (Å²) in [7, 11) is -3.88. The molecule has 1 aromatic heterocycles. The van der Waals surface area contributed by atoms with Gasteiger partial charge in [-0.3, -0.25) is 4.79 Å². The number of carbonyl (C=O) groups is 1. The Kier molecular flexibility index (Phi) is 6.28. The Balaban J connectivity index is 1.72. The molecule has 0 bridgehead atoms. The fraction of sp³-hybridized carbons (Fsp3) is 0.421. The van der Waals surface area contributed by atoms with Crippen LogP contribution < -0.4 is 5.32 Å². The number of hydrogen-bond donors (Lipinski definition) is 1. The van der Waals surface area contributed by atoms with Crippen molar-refractivity contribution in [2.75, 3.05) is 13.2 Å². The summed E-state index contributed by atoms with van der Waals surface area (Å²) < 4.78 is 49.9. The van der Waals surface area contributed by atoms with Crippen molar-refractivity contribution < 1.29 is 26.8 Å². The number of benzene rings is 1. The maximum Gasteiger partial charge on any atom is 0.222 e. The molecule has 3 rings (SSSR count). The first-order valence-corrected chi connectivity index (χ1v) is 10.4. The fourth-order valence-corrected chi connectivity index (χ4v) is 4.67. The Morgan fingerprint density at radius 1 is 1.22 bits per heavy atom. The Morgan fingerprint density at radius 2 is 2.00 bits per heavy atom. The maximum absolute atomic E-state index is 13.1. The molecule has 8 heteroatoms. The van der Waals surface area contributed by atoms with Gasteiger partial charge in [-0.1, -0.05) is 0 Å². The number of carbonyl (C=O) groups excluding carboxylic acids is 1. The second-order valence-corrected chi connectivity index (χ2v) is 8.63. The van der Waals surface area contributed by atoms with Crippen LogP contribution in [-0.2, 0) is 19.4 Å². The molecular weight excluding hydrogens is 373 g/mol. The molecule has 1 N–H and O–H groups in total. The first-order chi connectivity index (χ1) is 13.0. The highest BCUT2D eigenvalue weighted by molar-refractivity contribution is 7.91. The molecule has 2 unspecified atom stereocenters. The predicted octanol–water partition coefficient (Wildman–Crippen LogP) is 3.01. The average Bonchev–Trinajstić information content (AvgIpc) is 3.17. The third kappa shape index (κ3) is 4.95. The standard InChI is InChI=1S/C19H22FNO5S/c20-14-6-8-16(9-7-14)27(23,24)18(17-5-3-11-26-17)13-21-19(22)12-15-4-1-2-10-25-15/h3,5-9,11,15,18H,1-2,4,10,12-13H2,(H,21,22). The number of ether oxygens (including phenoxy) is 1. The molecule has 1 amide bonds. The lowest BCUT2D eigenvalue weighted by Gasteiger charge is -2.22. The number of sulfone groups is 1. The number of hydrogen-bond acceptors (Lipinski definition) is 5. The monoisotopic (exact) mass is 395 g/mol. The molecule has 0 radical (unpaired) electrons. The number of furan rings is 1. The van der Waals surface area contributed by atoms with Gasteiger partial charge in [0.05, 0.1) is 23.7 Å². The summed E-state index contributed by atoms with van der Waals surface area (Å²) in [6, 6.07) is 7.72. The van der Waals surface area contributed by atoms with E-state index in [2.05, 4.69) is 5.32 Å². The van der Waals surface area contributed by atoms with Crippen LogP contribution in [0.5, 0.6) is 0 Å². The van der Waals surface area contributed by atoms with Crippen molar-refractivity contribution in [2.45, 2.75) is 41.9 Å². The smallest absolute Gasteiger partial charge is 0.222 e. The van der Waals surface area contributed by atoms with Gasteiger partial charge in [0.15, 0.2) is 9.84 Å². The first kappa shape index (κ1) is 19.6. The quantitative estimate of drug-likeness (QED) is 0.729. The van der Waals surface area contributed by atoms with Gasteiger partial charge in [-0.25, -0.2) is 12.8 Å². The summed E-state index contributed by atoms with van der Waals surface area (Å²) in [5.74, 6) is -0.578. The molecule has 2 atom stereocenters. The molecule has 2 aromatic rings. The van der Waals surface area contributed by atoms with E-state index >= 15 is 0 Å². The average molecular weight is 395 g/mol. The van der Waals surface area contributed by atoms with E-state index in [1.165, 1.54) is 18.4 Å². The minimum absolute atomic E-state index is 0.0323. The van der Waals surface area contributed by atoms with Crippen molar-refractivity contribution in [1.29, 1.82) is 0 Å². The molecule has 0 aliphatic carbocycles. The second-order valence-electron chi connectivity index (χ2n) is 6.50. The highest BCUT2D eigenvalue weighted by Crippen LogP contribution is 2.29. The van der Waals surface area contributed by atoms with E-state index in [1.807, 2.05) is 0 Å². The maximum atomic E-state index is 13.1. The van der Waals surface area contributed by atoms with Gasteiger partial charge in [0.1, 0.15) is 16.8 Å². The van der Waals surface area contributed by atoms with Gasteiger partial charge < -0.3 is 14.5 Å². The van der Waals surface area contributed by atoms with E-state index in [-0.39, 0.29) is 35.6 Å². The summed E-state index contributed by atoms with van der Waals surface area (Å²) in [5, 5.41) is 1.57. The zero-order valence-electron chi connectivity index (χ0n) is 14.8. The molecule has 0 saturated carbocycles. The Labute approximate surface area is 157 Å². The van der Waals surface area contributed by atoms with E-state index in [0.29, 0.717) is 6.61 Å². The van der Waals surface area contributed by atoms with Crippen LogP contribution in [0, 0.1) is 5.82 Å². The van der Waals surface area contributed by atoms with E-state index in [1.54, 1.807) is 12.1 Å². The molecule has 6 nitrogen and oxygen atoms in total. The molecular formula is C19H22FNO5S. The molecule has 1 fully saturated rings. The Bertz CT molecular complexity index is 843. The van der Waals surface area contributed by atoms with E-state index < -0.39 is 20.9 Å². The SMILES string of the molecule is O=C(CC1CCCCO1)NCC(c1ccco1)S(=O)(=O)c1ccc(F)cc1. The van der Waals surface area contributed by atoms with Crippen LogP contribution in [0.4, 0.5) is 4.39 Å². The van der Waals surface area contributed by atoms with Crippen LogP contribution in [0.15, 0.2) is 52.0 Å². The van der Waals surface area contributed by atoms with Gasteiger partial charge in [-0.05, 0) is 55.7 Å². The molecule has 1 aromatic carbocycles. The third-order valence-corrected chi connectivity index (χ3v) is 6.63. The normalized spacial score (nSPS) is 18.8. The Hall–Kier alpha value is -2.19. The van der Waals surface area contributed by atoms with E-state index in [4.69, 9.17) is 9.15 Å². The molecule has 2 heterocycles. The lowest BCUT2D eigenvalue weighted by atomic mass is 10.1. The van der Waals surface area contributed by atoms with Crippen molar-refractivity contribution >= 4 is 15.7 Å². The van der Waals surface area contributed by atoms with Gasteiger partial charge in [0.2, 0.25) is 5.91 Å². The van der Waals surface area contributed by atoms with Gasteiger partial charge >= 0.3 is 0 Å². The van der Waals surface area contributed by atoms with Crippen molar-refractivity contribution in [3.8, 4) is 0 Å². The zero-order valence-corrected chi connectivity index (χ0v) is 15.6. The summed E-state index contributed by atoms with van der Waals surface area (Å²) in [5.41, 5.74) is 0. The van der Waals surface area contributed by atoms with Crippen LogP contribution in [0.1, 0.15) is 36.7 Å². The fourth-order valence-electron chi connectivity index (χ4n) is 3.08. The Morgan fingerprint density at radius 3 is 2.63 bits per heavy atom. The van der Waals surface area contributed by atoms with E-state index in [9.17, 15) is 17.6 Å². The third-order valence-electron chi connectivity index (χ3n) is 4.55. The predicted molar refractivity (Wildman–Crippen MR) is 96.3 cm³/mol. The first-order valence-electron chi connectivity index (χ1n) is 8.88. The highest BCUT2D eigenvalue weighted by Gasteiger charge is 2.32. The van der Waals surface area contributed by atoms with E-state index in [0.717, 1.165) is 31.4 Å². The van der Waals surface area contributed by atoms with Crippen LogP contribution in [-0.4, -0.2) is 33.6 Å².